The zero-order valence-corrected chi connectivity index (χ0v) is 14.3. The molecule has 1 amide bonds. The second kappa shape index (κ2) is 6.85. The number of rotatable bonds is 4. The van der Waals surface area contributed by atoms with Crippen LogP contribution < -0.4 is 5.43 Å². The number of amides is 1. The molecular weight excluding hydrogens is 350 g/mol. The van der Waals surface area contributed by atoms with Crippen molar-refractivity contribution in [3.8, 4) is 11.1 Å². The van der Waals surface area contributed by atoms with Gasteiger partial charge in [-0.3, -0.25) is 4.79 Å². The summed E-state index contributed by atoms with van der Waals surface area (Å²) in [5, 5.41) is 5.46. The highest BCUT2D eigenvalue weighted by Gasteiger charge is 2.20. The molecule has 2 aromatic carbocycles. The lowest BCUT2D eigenvalue weighted by Gasteiger charge is -2.06. The van der Waals surface area contributed by atoms with Gasteiger partial charge in [0, 0.05) is 27.1 Å². The molecule has 0 aliphatic rings. The number of halogens is 1. The van der Waals surface area contributed by atoms with Crippen LogP contribution in [0.4, 0.5) is 0 Å². The number of carbonyl (C=O) groups is 1. The lowest BCUT2D eigenvalue weighted by atomic mass is 10.0. The SMILES string of the molecule is O=C(N/N=C\c1cnc[nH]1)c1[nH]c2ccccc2c1-c1ccccc1Cl. The molecule has 0 unspecified atom stereocenters. The van der Waals surface area contributed by atoms with Gasteiger partial charge in [0.05, 0.1) is 24.4 Å². The number of hydrogen-bond donors (Lipinski definition) is 3. The van der Waals surface area contributed by atoms with Crippen molar-refractivity contribution in [2.45, 2.75) is 0 Å². The monoisotopic (exact) mass is 363 g/mol. The molecule has 0 spiro atoms. The second-order valence-electron chi connectivity index (χ2n) is 5.61. The number of para-hydroxylation sites is 1. The Bertz CT molecular complexity index is 1100. The molecule has 2 aromatic heterocycles. The normalized spacial score (nSPS) is 11.3. The minimum absolute atomic E-state index is 0.355. The summed E-state index contributed by atoms with van der Waals surface area (Å²) in [7, 11) is 0. The summed E-state index contributed by atoms with van der Waals surface area (Å²) in [6.07, 6.45) is 4.63. The van der Waals surface area contributed by atoms with Crippen LogP contribution in [0.5, 0.6) is 0 Å². The lowest BCUT2D eigenvalue weighted by molar-refractivity contribution is 0.0951. The first kappa shape index (κ1) is 16.1. The standard InChI is InChI=1S/C19H14ClN5O/c20-15-7-3-1-5-13(15)17-14-6-2-4-8-16(14)24-18(17)19(26)25-23-10-12-9-21-11-22-12/h1-11,24H,(H,21,22)(H,25,26)/b23-10-. The number of hydrogen-bond acceptors (Lipinski definition) is 3. The number of carbonyl (C=O) groups excluding carboxylic acids is 1. The molecule has 0 radical (unpaired) electrons. The number of aromatic nitrogens is 3. The molecule has 0 atom stereocenters. The van der Waals surface area contributed by atoms with Crippen molar-refractivity contribution < 1.29 is 4.79 Å². The Morgan fingerprint density at radius 3 is 2.77 bits per heavy atom. The fraction of sp³-hybridized carbons (Fsp3) is 0. The molecule has 0 saturated carbocycles. The zero-order valence-electron chi connectivity index (χ0n) is 13.5. The van der Waals surface area contributed by atoms with Crippen molar-refractivity contribution >= 4 is 34.6 Å². The fourth-order valence-corrected chi connectivity index (χ4v) is 3.04. The van der Waals surface area contributed by atoms with Gasteiger partial charge in [0.25, 0.3) is 5.91 Å². The van der Waals surface area contributed by atoms with Crippen LogP contribution in [-0.4, -0.2) is 27.1 Å². The third-order valence-electron chi connectivity index (χ3n) is 3.97. The van der Waals surface area contributed by atoms with E-state index in [1.165, 1.54) is 12.5 Å². The van der Waals surface area contributed by atoms with Crippen molar-refractivity contribution in [3.05, 3.63) is 77.5 Å². The molecular formula is C19H14ClN5O. The van der Waals surface area contributed by atoms with Crippen molar-refractivity contribution in [2.24, 2.45) is 5.10 Å². The highest BCUT2D eigenvalue weighted by Crippen LogP contribution is 2.36. The van der Waals surface area contributed by atoms with E-state index in [2.05, 4.69) is 25.5 Å². The maximum absolute atomic E-state index is 12.7. The van der Waals surface area contributed by atoms with E-state index in [9.17, 15) is 4.79 Å². The smallest absolute Gasteiger partial charge is 0.288 e. The molecule has 7 heteroatoms. The molecule has 0 saturated heterocycles. The molecule has 4 aromatic rings. The van der Waals surface area contributed by atoms with E-state index >= 15 is 0 Å². The van der Waals surface area contributed by atoms with E-state index in [-0.39, 0.29) is 5.91 Å². The molecule has 3 N–H and O–H groups in total. The van der Waals surface area contributed by atoms with Crippen LogP contribution in [0.2, 0.25) is 5.02 Å². The third kappa shape index (κ3) is 2.98. The summed E-state index contributed by atoms with van der Waals surface area (Å²) in [6, 6.07) is 15.1. The molecule has 2 heterocycles. The zero-order chi connectivity index (χ0) is 17.9. The van der Waals surface area contributed by atoms with Crippen molar-refractivity contribution in [2.75, 3.05) is 0 Å². The van der Waals surface area contributed by atoms with Gasteiger partial charge in [-0.1, -0.05) is 48.0 Å². The Balaban J connectivity index is 1.76. The highest BCUT2D eigenvalue weighted by atomic mass is 35.5. The van der Waals surface area contributed by atoms with Gasteiger partial charge < -0.3 is 9.97 Å². The number of nitrogens with zero attached hydrogens (tertiary/aromatic N) is 2. The average Bonchev–Trinajstić information content (AvgIpc) is 3.30. The van der Waals surface area contributed by atoms with E-state index in [1.54, 1.807) is 12.3 Å². The summed E-state index contributed by atoms with van der Waals surface area (Å²) < 4.78 is 0. The molecule has 0 fully saturated rings. The summed E-state index contributed by atoms with van der Waals surface area (Å²) >= 11 is 6.38. The number of imidazole rings is 1. The highest BCUT2D eigenvalue weighted by molar-refractivity contribution is 6.34. The summed E-state index contributed by atoms with van der Waals surface area (Å²) in [4.78, 5) is 22.7. The first-order chi connectivity index (χ1) is 12.7. The predicted octanol–water partition coefficient (Wildman–Crippen LogP) is 3.98. The number of nitrogens with one attached hydrogen (secondary N) is 3. The van der Waals surface area contributed by atoms with Gasteiger partial charge in [-0.2, -0.15) is 5.10 Å². The van der Waals surface area contributed by atoms with Gasteiger partial charge in [-0.05, 0) is 12.1 Å². The fourth-order valence-electron chi connectivity index (χ4n) is 2.81. The topological polar surface area (TPSA) is 85.9 Å². The largest absolute Gasteiger partial charge is 0.350 e. The molecule has 4 rings (SSSR count). The van der Waals surface area contributed by atoms with Crippen molar-refractivity contribution in [1.29, 1.82) is 0 Å². The van der Waals surface area contributed by atoms with E-state index in [0.29, 0.717) is 16.4 Å². The molecule has 0 aliphatic carbocycles. The Morgan fingerprint density at radius 2 is 1.96 bits per heavy atom. The van der Waals surface area contributed by atoms with Gasteiger partial charge in [-0.25, -0.2) is 10.4 Å². The Hall–Kier alpha value is -3.38. The minimum atomic E-state index is -0.355. The van der Waals surface area contributed by atoms with Crippen LogP contribution in [0.15, 0.2) is 66.2 Å². The van der Waals surface area contributed by atoms with Gasteiger partial charge in [0.2, 0.25) is 0 Å². The summed E-state index contributed by atoms with van der Waals surface area (Å²) in [5.41, 5.74) is 6.02. The van der Waals surface area contributed by atoms with Gasteiger partial charge in [0.1, 0.15) is 5.69 Å². The van der Waals surface area contributed by atoms with Gasteiger partial charge in [0.15, 0.2) is 0 Å². The number of benzene rings is 2. The van der Waals surface area contributed by atoms with Crippen LogP contribution in [0.3, 0.4) is 0 Å². The van der Waals surface area contributed by atoms with Crippen LogP contribution in [0.25, 0.3) is 22.0 Å². The first-order valence-corrected chi connectivity index (χ1v) is 8.29. The van der Waals surface area contributed by atoms with Crippen LogP contribution >= 0.6 is 11.6 Å². The number of fused-ring (bicyclic) bond motifs is 1. The lowest BCUT2D eigenvalue weighted by Crippen LogP contribution is -2.19. The van der Waals surface area contributed by atoms with E-state index in [0.717, 1.165) is 22.0 Å². The number of hydrazone groups is 1. The predicted molar refractivity (Wildman–Crippen MR) is 102 cm³/mol. The van der Waals surface area contributed by atoms with Crippen LogP contribution in [-0.2, 0) is 0 Å². The Labute approximate surface area is 153 Å². The van der Waals surface area contributed by atoms with Crippen molar-refractivity contribution in [3.63, 3.8) is 0 Å². The Kier molecular flexibility index (Phi) is 4.25. The maximum atomic E-state index is 12.7. The van der Waals surface area contributed by atoms with Crippen molar-refractivity contribution in [1.82, 2.24) is 20.4 Å². The van der Waals surface area contributed by atoms with Crippen LogP contribution in [0.1, 0.15) is 16.2 Å². The quantitative estimate of drug-likeness (QED) is 0.378. The Morgan fingerprint density at radius 1 is 1.15 bits per heavy atom. The average molecular weight is 364 g/mol. The molecule has 26 heavy (non-hydrogen) atoms. The number of aromatic amines is 2. The molecule has 6 nitrogen and oxygen atoms in total. The molecule has 0 aliphatic heterocycles. The molecule has 128 valence electrons. The van der Waals surface area contributed by atoms with Gasteiger partial charge >= 0.3 is 0 Å². The summed E-state index contributed by atoms with van der Waals surface area (Å²) in [6.45, 7) is 0. The maximum Gasteiger partial charge on any atom is 0.288 e. The van der Waals surface area contributed by atoms with E-state index < -0.39 is 0 Å². The summed E-state index contributed by atoms with van der Waals surface area (Å²) in [5.74, 6) is -0.355. The first-order valence-electron chi connectivity index (χ1n) is 7.91. The van der Waals surface area contributed by atoms with Crippen LogP contribution in [0, 0.1) is 0 Å². The number of H-pyrrole nitrogens is 2. The molecule has 0 bridgehead atoms. The third-order valence-corrected chi connectivity index (χ3v) is 4.30. The second-order valence-corrected chi connectivity index (χ2v) is 6.01. The minimum Gasteiger partial charge on any atom is -0.350 e. The van der Waals surface area contributed by atoms with Gasteiger partial charge in [-0.15, -0.1) is 0 Å². The van der Waals surface area contributed by atoms with E-state index in [1.807, 2.05) is 42.5 Å². The van der Waals surface area contributed by atoms with E-state index in [4.69, 9.17) is 11.6 Å².